The highest BCUT2D eigenvalue weighted by Gasteiger charge is 2.15. The van der Waals surface area contributed by atoms with Crippen molar-refractivity contribution in [2.45, 2.75) is 46.0 Å². The molecule has 0 aromatic heterocycles. The highest BCUT2D eigenvalue weighted by molar-refractivity contribution is 5.96. The van der Waals surface area contributed by atoms with Crippen LogP contribution in [0.15, 0.2) is 48.5 Å². The van der Waals surface area contributed by atoms with Crippen LogP contribution in [0.2, 0.25) is 0 Å². The first kappa shape index (κ1) is 23.1. The quantitative estimate of drug-likeness (QED) is 0.675. The number of hydrogen-bond donors (Lipinski definition) is 2. The molecule has 2 amide bonds. The Kier molecular flexibility index (Phi) is 7.75. The Morgan fingerprint density at radius 3 is 2.20 bits per heavy atom. The number of carbonyl (C=O) groups excluding carboxylic acids is 3. The van der Waals surface area contributed by atoms with Crippen molar-refractivity contribution < 1.29 is 19.1 Å². The molecule has 0 aliphatic rings. The molecule has 2 aromatic rings. The Morgan fingerprint density at radius 1 is 0.967 bits per heavy atom. The van der Waals surface area contributed by atoms with E-state index < -0.39 is 18.5 Å². The third kappa shape index (κ3) is 6.72. The van der Waals surface area contributed by atoms with Gasteiger partial charge in [-0.25, -0.2) is 0 Å². The van der Waals surface area contributed by atoms with Crippen LogP contribution >= 0.6 is 0 Å². The van der Waals surface area contributed by atoms with E-state index in [2.05, 4.69) is 31.4 Å². The van der Waals surface area contributed by atoms with Crippen molar-refractivity contribution in [1.82, 2.24) is 5.32 Å². The molecule has 0 aliphatic heterocycles. The second kappa shape index (κ2) is 10.1. The summed E-state index contributed by atoms with van der Waals surface area (Å²) in [6, 6.07) is 14.7. The van der Waals surface area contributed by atoms with Crippen molar-refractivity contribution in [3.8, 4) is 0 Å². The summed E-state index contributed by atoms with van der Waals surface area (Å²) in [6.45, 7) is 9.62. The van der Waals surface area contributed by atoms with Gasteiger partial charge in [-0.3, -0.25) is 14.4 Å². The molecule has 160 valence electrons. The lowest BCUT2D eigenvalue weighted by Crippen LogP contribution is -2.32. The fourth-order valence-corrected chi connectivity index (χ4v) is 2.87. The van der Waals surface area contributed by atoms with Crippen molar-refractivity contribution in [3.63, 3.8) is 0 Å². The average molecular weight is 411 g/mol. The molecule has 0 spiro atoms. The average Bonchev–Trinajstić information content (AvgIpc) is 2.70. The number of benzene rings is 2. The molecule has 30 heavy (non-hydrogen) atoms. The predicted octanol–water partition coefficient (Wildman–Crippen LogP) is 4.02. The highest BCUT2D eigenvalue weighted by Crippen LogP contribution is 2.23. The Labute approximate surface area is 178 Å². The van der Waals surface area contributed by atoms with Gasteiger partial charge in [-0.05, 0) is 40.7 Å². The standard InChI is InChI=1S/C24H30N2O4/c1-16(2)19-8-6-7-9-20(19)26-21(27)15-30-22(28)14-25-23(29)17-10-12-18(13-11-17)24(3,4)5/h6-13,16H,14-15H2,1-5H3,(H,25,29)(H,26,27). The fourth-order valence-electron chi connectivity index (χ4n) is 2.87. The molecular formula is C24H30N2O4. The van der Waals surface area contributed by atoms with Crippen LogP contribution in [-0.4, -0.2) is 30.9 Å². The van der Waals surface area contributed by atoms with E-state index in [-0.39, 0.29) is 23.8 Å². The summed E-state index contributed by atoms with van der Waals surface area (Å²) in [5.74, 6) is -1.23. The van der Waals surface area contributed by atoms with Gasteiger partial charge in [0.2, 0.25) is 0 Å². The SMILES string of the molecule is CC(C)c1ccccc1NC(=O)COC(=O)CNC(=O)c1ccc(C(C)(C)C)cc1. The van der Waals surface area contributed by atoms with Crippen molar-refractivity contribution in [3.05, 3.63) is 65.2 Å². The Bertz CT molecular complexity index is 896. The number of para-hydroxylation sites is 1. The zero-order valence-corrected chi connectivity index (χ0v) is 18.2. The van der Waals surface area contributed by atoms with Crippen LogP contribution in [0.25, 0.3) is 0 Å². The number of amides is 2. The smallest absolute Gasteiger partial charge is 0.325 e. The van der Waals surface area contributed by atoms with Crippen LogP contribution in [0.1, 0.15) is 62.0 Å². The number of anilines is 1. The summed E-state index contributed by atoms with van der Waals surface area (Å²) in [4.78, 5) is 36.2. The van der Waals surface area contributed by atoms with E-state index in [4.69, 9.17) is 4.74 Å². The lowest BCUT2D eigenvalue weighted by atomic mass is 9.87. The molecule has 0 fully saturated rings. The Balaban J connectivity index is 1.79. The van der Waals surface area contributed by atoms with Gasteiger partial charge in [-0.15, -0.1) is 0 Å². The van der Waals surface area contributed by atoms with Crippen LogP contribution in [-0.2, 0) is 19.7 Å². The van der Waals surface area contributed by atoms with Gasteiger partial charge in [0.25, 0.3) is 11.8 Å². The largest absolute Gasteiger partial charge is 0.454 e. The number of rotatable bonds is 7. The lowest BCUT2D eigenvalue weighted by molar-refractivity contribution is -0.146. The second-order valence-corrected chi connectivity index (χ2v) is 8.46. The maximum atomic E-state index is 12.2. The number of nitrogens with one attached hydrogen (secondary N) is 2. The van der Waals surface area contributed by atoms with Crippen LogP contribution in [0, 0.1) is 0 Å². The molecule has 0 atom stereocenters. The first-order valence-electron chi connectivity index (χ1n) is 10.0. The van der Waals surface area contributed by atoms with E-state index in [0.717, 1.165) is 11.1 Å². The van der Waals surface area contributed by atoms with E-state index in [0.29, 0.717) is 11.3 Å². The monoisotopic (exact) mass is 410 g/mol. The summed E-state index contributed by atoms with van der Waals surface area (Å²) >= 11 is 0. The van der Waals surface area contributed by atoms with E-state index in [9.17, 15) is 14.4 Å². The fraction of sp³-hybridized carbons (Fsp3) is 0.375. The molecule has 2 aromatic carbocycles. The number of hydrogen-bond acceptors (Lipinski definition) is 4. The van der Waals surface area contributed by atoms with Crippen molar-refractivity contribution in [1.29, 1.82) is 0 Å². The number of carbonyl (C=O) groups is 3. The van der Waals surface area contributed by atoms with Gasteiger partial charge in [0.1, 0.15) is 6.54 Å². The minimum atomic E-state index is -0.679. The van der Waals surface area contributed by atoms with Gasteiger partial charge >= 0.3 is 5.97 Å². The molecule has 0 bridgehead atoms. The van der Waals surface area contributed by atoms with Gasteiger partial charge in [0, 0.05) is 11.3 Å². The maximum absolute atomic E-state index is 12.2. The molecule has 0 radical (unpaired) electrons. The third-order valence-corrected chi connectivity index (χ3v) is 4.63. The molecule has 0 aliphatic carbocycles. The minimum Gasteiger partial charge on any atom is -0.454 e. The van der Waals surface area contributed by atoms with E-state index in [1.54, 1.807) is 18.2 Å². The van der Waals surface area contributed by atoms with Crippen molar-refractivity contribution >= 4 is 23.5 Å². The van der Waals surface area contributed by atoms with Gasteiger partial charge in [-0.2, -0.15) is 0 Å². The molecule has 0 saturated heterocycles. The first-order valence-corrected chi connectivity index (χ1v) is 10.0. The normalized spacial score (nSPS) is 11.1. The van der Waals surface area contributed by atoms with Crippen LogP contribution in [0.4, 0.5) is 5.69 Å². The maximum Gasteiger partial charge on any atom is 0.325 e. The van der Waals surface area contributed by atoms with Gasteiger partial charge in [-0.1, -0.05) is 65.0 Å². The minimum absolute atomic E-state index is 0.00489. The van der Waals surface area contributed by atoms with Gasteiger partial charge < -0.3 is 15.4 Å². The third-order valence-electron chi connectivity index (χ3n) is 4.63. The molecule has 2 rings (SSSR count). The molecule has 0 saturated carbocycles. The molecule has 0 unspecified atom stereocenters. The summed E-state index contributed by atoms with van der Waals surface area (Å²) < 4.78 is 4.96. The van der Waals surface area contributed by atoms with Gasteiger partial charge in [0.05, 0.1) is 0 Å². The molecule has 2 N–H and O–H groups in total. The Morgan fingerprint density at radius 2 is 1.60 bits per heavy atom. The van der Waals surface area contributed by atoms with Crippen LogP contribution < -0.4 is 10.6 Å². The zero-order chi connectivity index (χ0) is 22.3. The van der Waals surface area contributed by atoms with Gasteiger partial charge in [0.15, 0.2) is 6.61 Å². The summed E-state index contributed by atoms with van der Waals surface area (Å²) in [6.07, 6.45) is 0. The molecule has 6 heteroatoms. The zero-order valence-electron chi connectivity index (χ0n) is 18.2. The van der Waals surface area contributed by atoms with E-state index in [1.807, 2.05) is 44.2 Å². The first-order chi connectivity index (χ1) is 14.1. The molecule has 0 heterocycles. The van der Waals surface area contributed by atoms with Crippen molar-refractivity contribution in [2.75, 3.05) is 18.5 Å². The lowest BCUT2D eigenvalue weighted by Gasteiger charge is -2.19. The van der Waals surface area contributed by atoms with Crippen molar-refractivity contribution in [2.24, 2.45) is 0 Å². The summed E-state index contributed by atoms with van der Waals surface area (Å²) in [5.41, 5.74) is 3.26. The number of esters is 1. The van der Waals surface area contributed by atoms with E-state index >= 15 is 0 Å². The summed E-state index contributed by atoms with van der Waals surface area (Å²) in [5, 5.41) is 5.26. The topological polar surface area (TPSA) is 84.5 Å². The Hall–Kier alpha value is -3.15. The van der Waals surface area contributed by atoms with Crippen LogP contribution in [0.5, 0.6) is 0 Å². The van der Waals surface area contributed by atoms with Crippen LogP contribution in [0.3, 0.4) is 0 Å². The summed E-state index contributed by atoms with van der Waals surface area (Å²) in [7, 11) is 0. The molecule has 6 nitrogen and oxygen atoms in total. The highest BCUT2D eigenvalue weighted by atomic mass is 16.5. The molecular weight excluding hydrogens is 380 g/mol. The number of ether oxygens (including phenoxy) is 1. The second-order valence-electron chi connectivity index (χ2n) is 8.46. The van der Waals surface area contributed by atoms with E-state index in [1.165, 1.54) is 0 Å². The predicted molar refractivity (Wildman–Crippen MR) is 118 cm³/mol.